The predicted octanol–water partition coefficient (Wildman–Crippen LogP) is 6.22. The van der Waals surface area contributed by atoms with Crippen molar-refractivity contribution in [2.24, 2.45) is 0 Å². The minimum Gasteiger partial charge on any atom is -0.335 e. The molecule has 0 atom stereocenters. The molecule has 0 unspecified atom stereocenters. The monoisotopic (exact) mass is 604 g/mol. The third kappa shape index (κ3) is 6.02. The summed E-state index contributed by atoms with van der Waals surface area (Å²) in [5.41, 5.74) is 5.55. The highest BCUT2D eigenvalue weighted by atomic mass is 35.5. The normalized spacial score (nSPS) is 14.1. The number of carbonyl (C=O) groups is 4. The summed E-state index contributed by atoms with van der Waals surface area (Å²) < 4.78 is 0. The van der Waals surface area contributed by atoms with Crippen LogP contribution in [0.4, 0.5) is 10.5 Å². The van der Waals surface area contributed by atoms with Crippen molar-refractivity contribution in [2.45, 2.75) is 19.5 Å². The Morgan fingerprint density at radius 2 is 1.50 bits per heavy atom. The molecule has 220 valence electrons. The van der Waals surface area contributed by atoms with Gasteiger partial charge in [-0.3, -0.25) is 24.3 Å². The van der Waals surface area contributed by atoms with E-state index in [1.165, 1.54) is 11.0 Å². The number of urea groups is 1. The molecule has 2 aliphatic heterocycles. The summed E-state index contributed by atoms with van der Waals surface area (Å²) in [6, 6.07) is 24.7. The van der Waals surface area contributed by atoms with E-state index in [0.717, 1.165) is 22.3 Å². The lowest BCUT2D eigenvalue weighted by Gasteiger charge is -2.29. The molecular formula is C35H29ClN4O4. The number of anilines is 1. The van der Waals surface area contributed by atoms with Crippen LogP contribution in [-0.2, 0) is 13.1 Å². The second-order valence-corrected chi connectivity index (χ2v) is 11.1. The van der Waals surface area contributed by atoms with Gasteiger partial charge in [0.1, 0.15) is 0 Å². The van der Waals surface area contributed by atoms with Gasteiger partial charge in [0, 0.05) is 61.0 Å². The van der Waals surface area contributed by atoms with Crippen molar-refractivity contribution in [3.05, 3.63) is 137 Å². The molecule has 0 N–H and O–H groups in total. The number of amides is 3. The Bertz CT molecular complexity index is 1750. The number of carbonyl (C=O) groups excluding carboxylic acids is 4. The summed E-state index contributed by atoms with van der Waals surface area (Å²) >= 11 is 5.76. The summed E-state index contributed by atoms with van der Waals surface area (Å²) in [7, 11) is 0. The average molecular weight is 605 g/mol. The Morgan fingerprint density at radius 3 is 2.18 bits per heavy atom. The number of hydrogen-bond acceptors (Lipinski definition) is 5. The fourth-order valence-corrected chi connectivity index (χ4v) is 5.82. The van der Waals surface area contributed by atoms with Gasteiger partial charge in [-0.05, 0) is 76.7 Å². The Balaban J connectivity index is 1.23. The van der Waals surface area contributed by atoms with E-state index in [4.69, 9.17) is 11.6 Å². The Kier molecular flexibility index (Phi) is 8.34. The van der Waals surface area contributed by atoms with Crippen molar-refractivity contribution >= 4 is 45.8 Å². The Morgan fingerprint density at radius 1 is 0.795 bits per heavy atom. The first-order valence-corrected chi connectivity index (χ1v) is 14.7. The molecule has 2 aliphatic rings. The summed E-state index contributed by atoms with van der Waals surface area (Å²) in [4.78, 5) is 61.4. The van der Waals surface area contributed by atoms with E-state index in [0.29, 0.717) is 43.9 Å². The van der Waals surface area contributed by atoms with Gasteiger partial charge in [-0.2, -0.15) is 0 Å². The van der Waals surface area contributed by atoms with Crippen LogP contribution in [0.5, 0.6) is 0 Å². The molecule has 0 aliphatic carbocycles. The van der Waals surface area contributed by atoms with Gasteiger partial charge in [0.25, 0.3) is 11.1 Å². The zero-order valence-electron chi connectivity index (χ0n) is 23.9. The first kappa shape index (κ1) is 29.0. The zero-order chi connectivity index (χ0) is 30.6. The summed E-state index contributed by atoms with van der Waals surface area (Å²) in [5, 5.41) is -0.733. The maximum absolute atomic E-state index is 13.9. The quantitative estimate of drug-likeness (QED) is 0.185. The third-order valence-corrected chi connectivity index (χ3v) is 8.24. The van der Waals surface area contributed by atoms with E-state index < -0.39 is 11.0 Å². The number of Topliss-reactive ketones (excluding diaryl/α,β-unsaturated/α-hetero) is 1. The molecule has 1 aromatic heterocycles. The SMILES string of the molecule is O=C(Cl)c1ccccc1C(=O)CN(C(=O)N1Cc2ccncc2C1)c1ccc(C2=CCN(C(=O)c3ccccc3)CC2)cc1. The Hall–Kier alpha value is -5.08. The highest BCUT2D eigenvalue weighted by molar-refractivity contribution is 6.68. The number of aromatic nitrogens is 1. The van der Waals surface area contributed by atoms with Gasteiger partial charge in [-0.15, -0.1) is 0 Å². The number of ketones is 1. The number of halogens is 1. The maximum atomic E-state index is 13.9. The lowest BCUT2D eigenvalue weighted by atomic mass is 9.98. The molecule has 6 rings (SSSR count). The fraction of sp³-hybridized carbons (Fsp3) is 0.171. The molecule has 0 fully saturated rings. The molecule has 0 saturated carbocycles. The van der Waals surface area contributed by atoms with Crippen LogP contribution in [0.15, 0.2) is 103 Å². The zero-order valence-corrected chi connectivity index (χ0v) is 24.6. The van der Waals surface area contributed by atoms with E-state index >= 15 is 0 Å². The lowest BCUT2D eigenvalue weighted by molar-refractivity contribution is 0.0772. The van der Waals surface area contributed by atoms with Crippen LogP contribution in [0.25, 0.3) is 5.57 Å². The summed E-state index contributed by atoms with van der Waals surface area (Å²) in [6.45, 7) is 1.62. The highest BCUT2D eigenvalue weighted by Gasteiger charge is 2.30. The molecule has 4 aromatic rings. The van der Waals surface area contributed by atoms with Gasteiger partial charge in [0.05, 0.1) is 6.54 Å². The Labute approximate surface area is 260 Å². The minimum atomic E-state index is -0.733. The molecule has 0 radical (unpaired) electrons. The molecular weight excluding hydrogens is 576 g/mol. The number of hydrogen-bond donors (Lipinski definition) is 0. The van der Waals surface area contributed by atoms with Crippen LogP contribution in [0, 0.1) is 0 Å². The lowest BCUT2D eigenvalue weighted by Crippen LogP contribution is -2.43. The second-order valence-electron chi connectivity index (χ2n) is 10.8. The predicted molar refractivity (Wildman–Crippen MR) is 169 cm³/mol. The van der Waals surface area contributed by atoms with Crippen molar-refractivity contribution in [1.29, 1.82) is 0 Å². The van der Waals surface area contributed by atoms with E-state index in [1.807, 2.05) is 65.6 Å². The number of benzene rings is 3. The standard InChI is InChI=1S/C35H29ClN4O4/c36-33(42)31-9-5-4-8-30(31)32(41)23-40(35(44)39-21-27-14-17-37-20-28(27)22-39)29-12-10-24(11-13-29)25-15-18-38(19-16-25)34(43)26-6-2-1-3-7-26/h1-15,17,20H,16,18-19,21-23H2. The fourth-order valence-electron chi connectivity index (χ4n) is 5.66. The molecule has 9 heteroatoms. The number of fused-ring (bicyclic) bond motifs is 1. The molecule has 0 saturated heterocycles. The van der Waals surface area contributed by atoms with Gasteiger partial charge < -0.3 is 9.80 Å². The van der Waals surface area contributed by atoms with E-state index in [-0.39, 0.29) is 29.6 Å². The van der Waals surface area contributed by atoms with Crippen molar-refractivity contribution in [2.75, 3.05) is 24.5 Å². The van der Waals surface area contributed by atoms with Crippen LogP contribution in [-0.4, -0.2) is 57.4 Å². The molecule has 3 aromatic carbocycles. The maximum Gasteiger partial charge on any atom is 0.325 e. The van der Waals surface area contributed by atoms with Crippen LogP contribution < -0.4 is 4.90 Å². The van der Waals surface area contributed by atoms with Gasteiger partial charge in [0.15, 0.2) is 5.78 Å². The van der Waals surface area contributed by atoms with Crippen LogP contribution in [0.2, 0.25) is 0 Å². The molecule has 3 amide bonds. The average Bonchev–Trinajstić information content (AvgIpc) is 3.52. The molecule has 44 heavy (non-hydrogen) atoms. The van der Waals surface area contributed by atoms with Crippen LogP contribution in [0.3, 0.4) is 0 Å². The van der Waals surface area contributed by atoms with Gasteiger partial charge in [-0.1, -0.05) is 54.6 Å². The van der Waals surface area contributed by atoms with E-state index in [9.17, 15) is 19.2 Å². The van der Waals surface area contributed by atoms with Gasteiger partial charge >= 0.3 is 6.03 Å². The third-order valence-electron chi connectivity index (χ3n) is 8.04. The largest absolute Gasteiger partial charge is 0.335 e. The van der Waals surface area contributed by atoms with E-state index in [2.05, 4.69) is 11.1 Å². The number of nitrogens with zero attached hydrogens (tertiary/aromatic N) is 4. The number of rotatable bonds is 7. The van der Waals surface area contributed by atoms with Crippen LogP contribution >= 0.6 is 11.6 Å². The van der Waals surface area contributed by atoms with Crippen molar-refractivity contribution in [1.82, 2.24) is 14.8 Å². The summed E-state index contributed by atoms with van der Waals surface area (Å²) in [5.74, 6) is -0.393. The van der Waals surface area contributed by atoms with Crippen molar-refractivity contribution < 1.29 is 19.2 Å². The second kappa shape index (κ2) is 12.7. The highest BCUT2D eigenvalue weighted by Crippen LogP contribution is 2.29. The summed E-state index contributed by atoms with van der Waals surface area (Å²) in [6.07, 6.45) is 6.20. The van der Waals surface area contributed by atoms with Gasteiger partial charge in [-0.25, -0.2) is 4.79 Å². The molecule has 8 nitrogen and oxygen atoms in total. The molecule has 3 heterocycles. The smallest absolute Gasteiger partial charge is 0.325 e. The van der Waals surface area contributed by atoms with E-state index in [1.54, 1.807) is 35.5 Å². The topological polar surface area (TPSA) is 90.9 Å². The van der Waals surface area contributed by atoms with Gasteiger partial charge in [0.2, 0.25) is 0 Å². The first-order chi connectivity index (χ1) is 21.4. The first-order valence-electron chi connectivity index (χ1n) is 14.3. The number of pyridine rings is 1. The molecule has 0 spiro atoms. The minimum absolute atomic E-state index is 0.00681. The van der Waals surface area contributed by atoms with Crippen molar-refractivity contribution in [3.63, 3.8) is 0 Å². The van der Waals surface area contributed by atoms with Crippen molar-refractivity contribution in [3.8, 4) is 0 Å². The molecule has 0 bridgehead atoms. The van der Waals surface area contributed by atoms with Crippen LogP contribution in [0.1, 0.15) is 54.2 Å².